The number of benzene rings is 1. The van der Waals surface area contributed by atoms with Crippen LogP contribution in [0.15, 0.2) is 18.2 Å². The number of halogens is 1. The lowest BCUT2D eigenvalue weighted by molar-refractivity contribution is 0.509. The predicted octanol–water partition coefficient (Wildman–Crippen LogP) is 2.17. The largest absolute Gasteiger partial charge is 0.307 e. The minimum Gasteiger partial charge on any atom is -0.307 e. The predicted molar refractivity (Wildman–Crippen MR) is 49.0 cm³/mol. The highest BCUT2D eigenvalue weighted by molar-refractivity contribution is 5.35. The summed E-state index contributed by atoms with van der Waals surface area (Å²) in [6.45, 7) is 0. The molecule has 2 aliphatic rings. The summed E-state index contributed by atoms with van der Waals surface area (Å²) in [7, 11) is 0. The first kappa shape index (κ1) is 7.51. The van der Waals surface area contributed by atoms with Gasteiger partial charge in [-0.05, 0) is 42.5 Å². The first-order valence-corrected chi connectivity index (χ1v) is 4.87. The summed E-state index contributed by atoms with van der Waals surface area (Å²) < 4.78 is 13.0. The van der Waals surface area contributed by atoms with Crippen molar-refractivity contribution in [1.29, 1.82) is 0 Å². The molecule has 1 fully saturated rings. The maximum Gasteiger partial charge on any atom is 0.123 e. The normalized spacial score (nSPS) is 30.2. The molecule has 1 saturated heterocycles. The van der Waals surface area contributed by atoms with Crippen LogP contribution >= 0.6 is 0 Å². The molecule has 13 heavy (non-hydrogen) atoms. The lowest BCUT2D eigenvalue weighted by Crippen LogP contribution is -2.31. The van der Waals surface area contributed by atoms with Crippen LogP contribution in [0, 0.1) is 5.82 Å². The molecular formula is C11H12FN. The molecular weight excluding hydrogens is 165 g/mol. The second-order valence-corrected chi connectivity index (χ2v) is 4.04. The smallest absolute Gasteiger partial charge is 0.123 e. The van der Waals surface area contributed by atoms with E-state index in [1.165, 1.54) is 24.0 Å². The third kappa shape index (κ3) is 1.09. The Hall–Kier alpha value is -0.890. The zero-order valence-electron chi connectivity index (χ0n) is 7.39. The van der Waals surface area contributed by atoms with Gasteiger partial charge in [-0.1, -0.05) is 6.07 Å². The lowest BCUT2D eigenvalue weighted by atomic mass is 9.95. The number of hydrogen-bond donors (Lipinski definition) is 1. The SMILES string of the molecule is Fc1ccc2c(c1)C1CCC(C2)N1. The number of fused-ring (bicyclic) bond motifs is 4. The van der Waals surface area contributed by atoms with Crippen molar-refractivity contribution in [1.82, 2.24) is 5.32 Å². The molecule has 1 aromatic carbocycles. The summed E-state index contributed by atoms with van der Waals surface area (Å²) in [5.74, 6) is -0.106. The van der Waals surface area contributed by atoms with E-state index in [0.717, 1.165) is 6.42 Å². The Balaban J connectivity index is 2.12. The molecule has 0 radical (unpaired) electrons. The van der Waals surface area contributed by atoms with Gasteiger partial charge in [0.05, 0.1) is 0 Å². The fourth-order valence-electron chi connectivity index (χ4n) is 2.57. The lowest BCUT2D eigenvalue weighted by Gasteiger charge is -2.24. The van der Waals surface area contributed by atoms with Gasteiger partial charge >= 0.3 is 0 Å². The van der Waals surface area contributed by atoms with Crippen LogP contribution < -0.4 is 5.32 Å². The Morgan fingerprint density at radius 2 is 2.23 bits per heavy atom. The van der Waals surface area contributed by atoms with Crippen molar-refractivity contribution in [2.45, 2.75) is 31.3 Å². The topological polar surface area (TPSA) is 12.0 Å². The number of rotatable bonds is 0. The molecule has 68 valence electrons. The molecule has 2 heteroatoms. The summed E-state index contributed by atoms with van der Waals surface area (Å²) >= 11 is 0. The maximum absolute atomic E-state index is 13.0. The van der Waals surface area contributed by atoms with Gasteiger partial charge in [0.1, 0.15) is 5.82 Å². The van der Waals surface area contributed by atoms with E-state index in [-0.39, 0.29) is 5.82 Å². The van der Waals surface area contributed by atoms with Crippen molar-refractivity contribution in [3.8, 4) is 0 Å². The Labute approximate surface area is 77.0 Å². The highest BCUT2D eigenvalue weighted by Gasteiger charge is 2.31. The standard InChI is InChI=1S/C11H12FN/c12-8-2-1-7-5-9-3-4-11(13-9)10(7)6-8/h1-2,6,9,11,13H,3-5H2. The van der Waals surface area contributed by atoms with Gasteiger partial charge < -0.3 is 5.32 Å². The van der Waals surface area contributed by atoms with Gasteiger partial charge in [0.2, 0.25) is 0 Å². The Morgan fingerprint density at radius 3 is 3.15 bits per heavy atom. The molecule has 2 aliphatic heterocycles. The van der Waals surface area contributed by atoms with Crippen LogP contribution in [0.1, 0.15) is 30.0 Å². The molecule has 0 aliphatic carbocycles. The molecule has 2 atom stereocenters. The minimum atomic E-state index is -0.106. The van der Waals surface area contributed by atoms with Crippen LogP contribution in [0.25, 0.3) is 0 Å². The number of nitrogens with one attached hydrogen (secondary N) is 1. The van der Waals surface area contributed by atoms with Gasteiger partial charge in [0, 0.05) is 12.1 Å². The summed E-state index contributed by atoms with van der Waals surface area (Å²) in [5.41, 5.74) is 2.53. The molecule has 0 spiro atoms. The average molecular weight is 177 g/mol. The Bertz CT molecular complexity index is 348. The summed E-state index contributed by atoms with van der Waals surface area (Å²) in [6, 6.07) is 6.27. The van der Waals surface area contributed by atoms with Gasteiger partial charge in [0.15, 0.2) is 0 Å². The van der Waals surface area contributed by atoms with Crippen LogP contribution in [-0.4, -0.2) is 6.04 Å². The van der Waals surface area contributed by atoms with Gasteiger partial charge in [-0.15, -0.1) is 0 Å². The maximum atomic E-state index is 13.0. The Morgan fingerprint density at radius 1 is 1.31 bits per heavy atom. The van der Waals surface area contributed by atoms with Crippen LogP contribution in [-0.2, 0) is 6.42 Å². The molecule has 2 unspecified atom stereocenters. The fraction of sp³-hybridized carbons (Fsp3) is 0.455. The van der Waals surface area contributed by atoms with Gasteiger partial charge in [-0.25, -0.2) is 4.39 Å². The van der Waals surface area contributed by atoms with Gasteiger partial charge in [-0.2, -0.15) is 0 Å². The Kier molecular flexibility index (Phi) is 1.47. The quantitative estimate of drug-likeness (QED) is 0.640. The third-order valence-corrected chi connectivity index (χ3v) is 3.19. The molecule has 0 saturated carbocycles. The van der Waals surface area contributed by atoms with Crippen molar-refractivity contribution in [2.24, 2.45) is 0 Å². The summed E-state index contributed by atoms with van der Waals surface area (Å²) in [5, 5.41) is 3.51. The van der Waals surface area contributed by atoms with Crippen molar-refractivity contribution in [2.75, 3.05) is 0 Å². The van der Waals surface area contributed by atoms with E-state index >= 15 is 0 Å². The fourth-order valence-corrected chi connectivity index (χ4v) is 2.57. The monoisotopic (exact) mass is 177 g/mol. The van der Waals surface area contributed by atoms with Crippen molar-refractivity contribution in [3.63, 3.8) is 0 Å². The van der Waals surface area contributed by atoms with Gasteiger partial charge in [0.25, 0.3) is 0 Å². The van der Waals surface area contributed by atoms with E-state index in [4.69, 9.17) is 0 Å². The zero-order valence-corrected chi connectivity index (χ0v) is 7.39. The number of hydrogen-bond acceptors (Lipinski definition) is 1. The van der Waals surface area contributed by atoms with Gasteiger partial charge in [-0.3, -0.25) is 0 Å². The summed E-state index contributed by atoms with van der Waals surface area (Å²) in [4.78, 5) is 0. The van der Waals surface area contributed by atoms with E-state index in [1.54, 1.807) is 12.1 Å². The van der Waals surface area contributed by atoms with Crippen LogP contribution in [0.3, 0.4) is 0 Å². The minimum absolute atomic E-state index is 0.106. The molecule has 2 heterocycles. The first-order chi connectivity index (χ1) is 6.33. The van der Waals surface area contributed by atoms with E-state index in [2.05, 4.69) is 5.32 Å². The first-order valence-electron chi connectivity index (χ1n) is 4.87. The highest BCUT2D eigenvalue weighted by Crippen LogP contribution is 2.35. The van der Waals surface area contributed by atoms with E-state index in [9.17, 15) is 4.39 Å². The molecule has 1 aromatic rings. The van der Waals surface area contributed by atoms with Crippen LogP contribution in [0.4, 0.5) is 4.39 Å². The van der Waals surface area contributed by atoms with E-state index in [1.807, 2.05) is 6.07 Å². The van der Waals surface area contributed by atoms with Crippen molar-refractivity contribution < 1.29 is 4.39 Å². The van der Waals surface area contributed by atoms with E-state index in [0.29, 0.717) is 12.1 Å². The molecule has 3 rings (SSSR count). The second-order valence-electron chi connectivity index (χ2n) is 4.04. The summed E-state index contributed by atoms with van der Waals surface area (Å²) in [6.07, 6.45) is 3.48. The molecule has 0 amide bonds. The highest BCUT2D eigenvalue weighted by atomic mass is 19.1. The van der Waals surface area contributed by atoms with E-state index < -0.39 is 0 Å². The molecule has 1 N–H and O–H groups in total. The van der Waals surface area contributed by atoms with Crippen molar-refractivity contribution in [3.05, 3.63) is 35.1 Å². The van der Waals surface area contributed by atoms with Crippen LogP contribution in [0.2, 0.25) is 0 Å². The average Bonchev–Trinajstić information content (AvgIpc) is 2.51. The van der Waals surface area contributed by atoms with Crippen LogP contribution in [0.5, 0.6) is 0 Å². The molecule has 2 bridgehead atoms. The molecule has 1 nitrogen and oxygen atoms in total. The second kappa shape index (κ2) is 2.55. The van der Waals surface area contributed by atoms with Crippen molar-refractivity contribution >= 4 is 0 Å². The zero-order chi connectivity index (χ0) is 8.84. The third-order valence-electron chi connectivity index (χ3n) is 3.19. The molecule has 0 aromatic heterocycles.